The van der Waals surface area contributed by atoms with Gasteiger partial charge in [0.15, 0.2) is 16.6 Å². The summed E-state index contributed by atoms with van der Waals surface area (Å²) in [6.07, 6.45) is 11.8. The summed E-state index contributed by atoms with van der Waals surface area (Å²) in [6, 6.07) is 2.64. The predicted octanol–water partition coefficient (Wildman–Crippen LogP) is 12.6. The van der Waals surface area contributed by atoms with E-state index < -0.39 is 32.8 Å². The third kappa shape index (κ3) is 12.4. The lowest BCUT2D eigenvalue weighted by molar-refractivity contribution is -0.126. The molecule has 0 aliphatic rings. The fourth-order valence-electron chi connectivity index (χ4n) is 6.69. The molecule has 274 valence electrons. The van der Waals surface area contributed by atoms with Gasteiger partial charge in [-0.1, -0.05) is 119 Å². The van der Waals surface area contributed by atoms with Crippen LogP contribution in [0, 0.1) is 0 Å². The minimum atomic E-state index is -2.06. The number of hydrogen-bond acceptors (Lipinski definition) is 3. The van der Waals surface area contributed by atoms with Crippen LogP contribution < -0.4 is 0 Å². The third-order valence-electron chi connectivity index (χ3n) is 13.3. The van der Waals surface area contributed by atoms with Crippen molar-refractivity contribution in [2.75, 3.05) is 13.1 Å². The molecule has 0 aliphatic heterocycles. The third-order valence-corrected chi connectivity index (χ3v) is 32.7. The zero-order valence-corrected chi connectivity index (χ0v) is 38.6. The number of unbranched alkanes of at least 4 members (excludes halogenated alkanes) is 2. The summed E-state index contributed by atoms with van der Waals surface area (Å²) < 4.78 is 14.5. The lowest BCUT2D eigenvalue weighted by Gasteiger charge is -2.51. The normalized spacial score (nSPS) is 15.5. The van der Waals surface area contributed by atoms with E-state index in [0.29, 0.717) is 0 Å². The highest BCUT2D eigenvalue weighted by Gasteiger charge is 2.51. The quantitative estimate of drug-likeness (QED) is 0.0738. The molecule has 0 aromatic carbocycles. The first-order chi connectivity index (χ1) is 20.6. The van der Waals surface area contributed by atoms with Crippen molar-refractivity contribution in [3.8, 4) is 0 Å². The van der Waals surface area contributed by atoms with Crippen LogP contribution in [-0.4, -0.2) is 67.1 Å². The lowest BCUT2D eigenvalue weighted by atomic mass is 10.0. The molecular formula is C38H83NO3Si4. The Hall–Kier alpha value is -0.00247. The second-order valence-corrected chi connectivity index (χ2v) is 38.7. The van der Waals surface area contributed by atoms with E-state index in [1.165, 1.54) is 43.8 Å². The zero-order valence-electron chi connectivity index (χ0n) is 34.6. The maximum Gasteiger partial charge on any atom is 0.245 e. The number of rotatable bonds is 24. The summed E-state index contributed by atoms with van der Waals surface area (Å²) in [7, 11) is -7.18. The molecule has 0 aromatic heterocycles. The molecule has 0 aromatic rings. The van der Waals surface area contributed by atoms with Crippen LogP contribution in [0.3, 0.4) is 0 Å². The fourth-order valence-corrected chi connectivity index (χ4v) is 19.6. The molecule has 8 heteroatoms. The molecule has 0 saturated carbocycles. The molecule has 0 heterocycles. The number of amides is 1. The molecule has 1 unspecified atom stereocenters. The first-order valence-electron chi connectivity index (χ1n) is 19.0. The molecule has 46 heavy (non-hydrogen) atoms. The lowest BCUT2D eigenvalue weighted by Crippen LogP contribution is -2.59. The first kappa shape index (κ1) is 46.0. The summed E-state index contributed by atoms with van der Waals surface area (Å²) >= 11 is 0. The maximum atomic E-state index is 13.0. The summed E-state index contributed by atoms with van der Waals surface area (Å²) in [5.41, 5.74) is 0. The van der Waals surface area contributed by atoms with Crippen molar-refractivity contribution in [2.45, 2.75) is 212 Å². The molecule has 0 radical (unpaired) electrons. The van der Waals surface area contributed by atoms with Crippen LogP contribution in [0.1, 0.15) is 127 Å². The number of carbonyl (C=O) groups excluding carboxylic acids is 1. The Morgan fingerprint density at radius 3 is 1.41 bits per heavy atom. The van der Waals surface area contributed by atoms with E-state index in [9.17, 15) is 4.79 Å². The molecule has 0 rings (SSSR count). The Kier molecular flexibility index (Phi) is 17.8. The van der Waals surface area contributed by atoms with Gasteiger partial charge in [0.1, 0.15) is 0 Å². The van der Waals surface area contributed by atoms with Gasteiger partial charge in [0.05, 0.1) is 16.1 Å². The highest BCUT2D eigenvalue weighted by molar-refractivity contribution is 6.83. The first-order valence-corrected chi connectivity index (χ1v) is 31.2. The molecule has 0 spiro atoms. The van der Waals surface area contributed by atoms with Crippen molar-refractivity contribution >= 4 is 38.7 Å². The van der Waals surface area contributed by atoms with Crippen LogP contribution in [0.4, 0.5) is 0 Å². The van der Waals surface area contributed by atoms with Crippen LogP contribution in [0.15, 0.2) is 12.7 Å². The van der Waals surface area contributed by atoms with Gasteiger partial charge in [-0.3, -0.25) is 4.79 Å². The monoisotopic (exact) mass is 714 g/mol. The highest BCUT2D eigenvalue weighted by atomic mass is 28.4. The van der Waals surface area contributed by atoms with Crippen LogP contribution in [-0.2, 0) is 13.6 Å². The summed E-state index contributed by atoms with van der Waals surface area (Å²) in [5.74, 6) is 0.0612. The second kappa shape index (κ2) is 17.8. The summed E-state index contributed by atoms with van der Waals surface area (Å²) in [6.45, 7) is 48.8. The Balaban J connectivity index is 5.55. The van der Waals surface area contributed by atoms with Crippen LogP contribution in [0.5, 0.6) is 0 Å². The van der Waals surface area contributed by atoms with Crippen LogP contribution >= 0.6 is 0 Å². The van der Waals surface area contributed by atoms with E-state index in [-0.39, 0.29) is 26.4 Å². The van der Waals surface area contributed by atoms with Gasteiger partial charge in [-0.25, -0.2) is 0 Å². The van der Waals surface area contributed by atoms with Gasteiger partial charge < -0.3 is 13.8 Å². The topological polar surface area (TPSA) is 38.8 Å². The van der Waals surface area contributed by atoms with Crippen molar-refractivity contribution in [1.82, 2.24) is 4.90 Å². The van der Waals surface area contributed by atoms with Gasteiger partial charge in [0.2, 0.25) is 5.91 Å². The van der Waals surface area contributed by atoms with Gasteiger partial charge in [-0.2, -0.15) is 0 Å². The number of carbonyl (C=O) groups is 1. The van der Waals surface area contributed by atoms with Crippen molar-refractivity contribution in [2.24, 2.45) is 0 Å². The van der Waals surface area contributed by atoms with Crippen LogP contribution in [0.25, 0.3) is 0 Å². The van der Waals surface area contributed by atoms with Crippen molar-refractivity contribution in [3.05, 3.63) is 12.7 Å². The highest BCUT2D eigenvalue weighted by Crippen LogP contribution is 2.49. The molecule has 0 fully saturated rings. The molecule has 4 nitrogen and oxygen atoms in total. The Morgan fingerprint density at radius 2 is 1.04 bits per heavy atom. The molecule has 0 saturated heterocycles. The standard InChI is InChI=1S/C38H83NO3Si4/c1-20-24-32-43(12,13)36(7,8)41-45(16,17)35(5,6)28-26-30-39(34(40)22-3)31-27-29-38(11,23-4)46(18,19)42-37(9,10)44(14,15)33-25-21-2/h22H,3,20-21,23-33H2,1-2,4-19H3. The number of hydrogen-bond donors (Lipinski definition) is 0. The van der Waals surface area contributed by atoms with Crippen LogP contribution in [0.2, 0.25) is 74.5 Å². The van der Waals surface area contributed by atoms with E-state index in [0.717, 1.165) is 45.2 Å². The average molecular weight is 714 g/mol. The predicted molar refractivity (Wildman–Crippen MR) is 218 cm³/mol. The zero-order chi connectivity index (χ0) is 36.5. The molecule has 1 atom stereocenters. The van der Waals surface area contributed by atoms with Crippen molar-refractivity contribution in [1.29, 1.82) is 0 Å². The smallest absolute Gasteiger partial charge is 0.245 e. The Morgan fingerprint density at radius 1 is 0.652 bits per heavy atom. The van der Waals surface area contributed by atoms with E-state index in [4.69, 9.17) is 8.85 Å². The number of nitrogens with zero attached hydrogens (tertiary/aromatic N) is 1. The maximum absolute atomic E-state index is 13.0. The Labute approximate surface area is 293 Å². The van der Waals surface area contributed by atoms with E-state index in [1.54, 1.807) is 0 Å². The van der Waals surface area contributed by atoms with E-state index in [1.807, 2.05) is 0 Å². The molecule has 1 amide bonds. The minimum absolute atomic E-state index is 0.0462. The van der Waals surface area contributed by atoms with Gasteiger partial charge in [0.25, 0.3) is 0 Å². The average Bonchev–Trinajstić information content (AvgIpc) is 2.91. The second-order valence-electron chi connectivity index (χ2n) is 18.8. The Bertz CT molecular complexity index is 942. The summed E-state index contributed by atoms with van der Waals surface area (Å²) in [4.78, 5) is 15.1. The van der Waals surface area contributed by atoms with Crippen molar-refractivity contribution < 1.29 is 13.6 Å². The molecule has 0 bridgehead atoms. The minimum Gasteiger partial charge on any atom is -0.415 e. The SMILES string of the molecule is C=CC(=O)N(CCCC(C)(C)[Si](C)(C)OC(C)(C)[Si](C)(C)CCCC)CCCC(C)(CC)[Si](C)(C)OC(C)(C)[Si](C)(C)CCCC. The van der Waals surface area contributed by atoms with Gasteiger partial charge in [-0.15, -0.1) is 0 Å². The van der Waals surface area contributed by atoms with E-state index in [2.05, 4.69) is 133 Å². The fraction of sp³-hybridized carbons (Fsp3) is 0.921. The van der Waals surface area contributed by atoms with Gasteiger partial charge in [0, 0.05) is 23.5 Å². The van der Waals surface area contributed by atoms with Crippen molar-refractivity contribution in [3.63, 3.8) is 0 Å². The molecule has 0 aliphatic carbocycles. The molecular weight excluding hydrogens is 631 g/mol. The summed E-state index contributed by atoms with van der Waals surface area (Å²) in [5, 5.41) is 0.167. The van der Waals surface area contributed by atoms with Gasteiger partial charge >= 0.3 is 0 Å². The molecule has 0 N–H and O–H groups in total. The largest absolute Gasteiger partial charge is 0.415 e. The van der Waals surface area contributed by atoms with E-state index >= 15 is 0 Å². The van der Waals surface area contributed by atoms with Gasteiger partial charge in [-0.05, 0) is 95.7 Å².